The number of carbonyl (C=O) groups is 1. The number of phenols is 1. The summed E-state index contributed by atoms with van der Waals surface area (Å²) in [6.07, 6.45) is 1.99. The average molecular weight is 179 g/mol. The van der Waals surface area contributed by atoms with Crippen molar-refractivity contribution < 1.29 is 20.1 Å². The van der Waals surface area contributed by atoms with Gasteiger partial charge in [-0.2, -0.15) is 0 Å². The van der Waals surface area contributed by atoms with Gasteiger partial charge in [0.25, 0.3) is 0 Å². The van der Waals surface area contributed by atoms with Gasteiger partial charge in [-0.05, 0) is 23.8 Å². The molecule has 0 amide bonds. The number of aliphatic carboxylic acids is 1. The van der Waals surface area contributed by atoms with E-state index in [2.05, 4.69) is 0 Å². The summed E-state index contributed by atoms with van der Waals surface area (Å²) in [4.78, 5) is 10.1. The molecule has 0 atom stereocenters. The van der Waals surface area contributed by atoms with Gasteiger partial charge in [-0.3, -0.25) is 0 Å². The molecule has 0 aromatic heterocycles. The highest BCUT2D eigenvalue weighted by atomic mass is 16.4. The van der Waals surface area contributed by atoms with Gasteiger partial charge in [0.15, 0.2) is 0 Å². The third-order valence-electron chi connectivity index (χ3n) is 1.40. The lowest BCUT2D eigenvalue weighted by atomic mass is 10.2. The molecule has 1 rings (SSSR count). The first kappa shape index (κ1) is 9.12. The summed E-state index contributed by atoms with van der Waals surface area (Å²) < 4.78 is 0. The minimum absolute atomic E-state index is 0.0651. The van der Waals surface area contributed by atoms with Crippen LogP contribution in [0.1, 0.15) is 5.56 Å². The van der Waals surface area contributed by atoms with Gasteiger partial charge in [0.1, 0.15) is 5.75 Å². The monoisotopic (exact) mass is 179 g/mol. The number of benzene rings is 1. The molecule has 0 saturated carbocycles. The van der Waals surface area contributed by atoms with Crippen LogP contribution in [0.3, 0.4) is 0 Å². The van der Waals surface area contributed by atoms with E-state index >= 15 is 0 Å². The summed E-state index contributed by atoms with van der Waals surface area (Å²) in [5.41, 5.74) is 0.155. The summed E-state index contributed by atoms with van der Waals surface area (Å²) in [7, 11) is 0. The van der Waals surface area contributed by atoms with Crippen LogP contribution in [-0.4, -0.2) is 16.2 Å². The maximum Gasteiger partial charge on any atom is 0.328 e. The Labute approximate surface area is 74.4 Å². The number of hydrogen-bond donors (Lipinski definition) is 2. The molecule has 4 nitrogen and oxygen atoms in total. The van der Waals surface area contributed by atoms with Crippen LogP contribution in [0.2, 0.25) is 0 Å². The second-order valence-corrected chi connectivity index (χ2v) is 2.39. The maximum absolute atomic E-state index is 11.0. The summed E-state index contributed by atoms with van der Waals surface area (Å²) in [6.45, 7) is 0. The lowest BCUT2D eigenvalue weighted by molar-refractivity contribution is -0.268. The van der Waals surface area contributed by atoms with Gasteiger partial charge in [-0.25, -0.2) is 4.79 Å². The molecule has 0 aliphatic carbocycles. The lowest BCUT2D eigenvalue weighted by Crippen LogP contribution is -1.93. The number of carboxylic acids is 1. The highest BCUT2D eigenvalue weighted by Gasteiger charge is 1.93. The van der Waals surface area contributed by atoms with E-state index in [-0.39, 0.29) is 17.1 Å². The molecule has 0 spiro atoms. The Morgan fingerprint density at radius 2 is 2.15 bits per heavy atom. The van der Waals surface area contributed by atoms with E-state index in [1.54, 1.807) is 0 Å². The molecular weight excluding hydrogens is 172 g/mol. The fourth-order valence-electron chi connectivity index (χ4n) is 0.827. The minimum Gasteiger partial charge on any atom is -0.872 e. The van der Waals surface area contributed by atoms with Crippen molar-refractivity contribution in [3.8, 4) is 11.5 Å². The quantitative estimate of drug-likeness (QED) is 0.650. The van der Waals surface area contributed by atoms with Crippen molar-refractivity contribution in [2.45, 2.75) is 0 Å². The molecule has 0 bridgehead atoms. The van der Waals surface area contributed by atoms with Crippen LogP contribution in [-0.2, 0) is 4.79 Å². The first-order chi connectivity index (χ1) is 6.09. The van der Waals surface area contributed by atoms with Crippen LogP contribution in [0.25, 0.3) is 6.08 Å². The first-order valence-corrected chi connectivity index (χ1v) is 3.50. The van der Waals surface area contributed by atoms with Crippen molar-refractivity contribution in [3.63, 3.8) is 0 Å². The van der Waals surface area contributed by atoms with Gasteiger partial charge < -0.3 is 15.3 Å². The number of phenolic OH excluding ortho intramolecular Hbond substituents is 1. The fourth-order valence-corrected chi connectivity index (χ4v) is 0.827. The van der Waals surface area contributed by atoms with E-state index < -0.39 is 5.97 Å². The molecule has 68 valence electrons. The van der Waals surface area contributed by atoms with E-state index in [0.717, 1.165) is 12.2 Å². The van der Waals surface area contributed by atoms with Gasteiger partial charge in [-0.15, -0.1) is 5.75 Å². The van der Waals surface area contributed by atoms with Crippen LogP contribution in [0.5, 0.6) is 11.5 Å². The van der Waals surface area contributed by atoms with Crippen LogP contribution in [0.15, 0.2) is 24.3 Å². The largest absolute Gasteiger partial charge is 0.872 e. The standard InChI is InChI=1S/C9H8O4/c10-7-2-3-8(11)6(5-7)1-4-9(12)13/h1-5,10-11H,(H,12,13)/p-1/b4-1+. The molecule has 0 aliphatic rings. The van der Waals surface area contributed by atoms with Crippen molar-refractivity contribution in [1.29, 1.82) is 0 Å². The molecule has 0 heterocycles. The van der Waals surface area contributed by atoms with Crippen molar-refractivity contribution in [2.24, 2.45) is 0 Å². The second-order valence-electron chi connectivity index (χ2n) is 2.39. The molecule has 2 N–H and O–H groups in total. The molecule has 13 heavy (non-hydrogen) atoms. The summed E-state index contributed by atoms with van der Waals surface area (Å²) in [5.74, 6) is -1.53. The molecule has 0 radical (unpaired) electrons. The van der Waals surface area contributed by atoms with Gasteiger partial charge in [-0.1, -0.05) is 6.07 Å². The Balaban J connectivity index is 3.00. The Kier molecular flexibility index (Phi) is 2.54. The summed E-state index contributed by atoms with van der Waals surface area (Å²) in [5, 5.41) is 28.3. The van der Waals surface area contributed by atoms with Crippen molar-refractivity contribution in [3.05, 3.63) is 29.8 Å². The molecule has 0 saturated heterocycles. The van der Waals surface area contributed by atoms with E-state index in [1.807, 2.05) is 0 Å². The Bertz CT molecular complexity index is 355. The molecular formula is C9H7O4-. The second kappa shape index (κ2) is 3.62. The highest BCUT2D eigenvalue weighted by molar-refractivity contribution is 5.85. The van der Waals surface area contributed by atoms with Crippen LogP contribution >= 0.6 is 0 Å². The predicted octanol–water partition coefficient (Wildman–Crippen LogP) is 0.564. The zero-order chi connectivity index (χ0) is 9.84. The Hall–Kier alpha value is -1.97. The molecule has 1 aromatic carbocycles. The number of hydrogen-bond acceptors (Lipinski definition) is 3. The third kappa shape index (κ3) is 2.52. The lowest BCUT2D eigenvalue weighted by Gasteiger charge is -2.09. The van der Waals surface area contributed by atoms with Gasteiger partial charge >= 0.3 is 5.97 Å². The van der Waals surface area contributed by atoms with Crippen molar-refractivity contribution in [1.82, 2.24) is 0 Å². The normalized spacial score (nSPS) is 10.5. The van der Waals surface area contributed by atoms with Crippen molar-refractivity contribution >= 4 is 12.0 Å². The highest BCUT2D eigenvalue weighted by Crippen LogP contribution is 2.20. The number of rotatable bonds is 2. The van der Waals surface area contributed by atoms with E-state index in [4.69, 9.17) is 10.2 Å². The minimum atomic E-state index is -1.14. The zero-order valence-electron chi connectivity index (χ0n) is 6.60. The maximum atomic E-state index is 11.0. The number of aromatic hydroxyl groups is 1. The topological polar surface area (TPSA) is 80.6 Å². The van der Waals surface area contributed by atoms with Gasteiger partial charge in [0, 0.05) is 6.08 Å². The first-order valence-electron chi connectivity index (χ1n) is 3.50. The van der Waals surface area contributed by atoms with Gasteiger partial charge in [0.05, 0.1) is 0 Å². The van der Waals surface area contributed by atoms with E-state index in [1.165, 1.54) is 18.2 Å². The predicted molar refractivity (Wildman–Crippen MR) is 44.2 cm³/mol. The summed E-state index contributed by atoms with van der Waals surface area (Å²) >= 11 is 0. The molecule has 0 aliphatic heterocycles. The molecule has 4 heteroatoms. The summed E-state index contributed by atoms with van der Waals surface area (Å²) in [6, 6.07) is 3.64. The van der Waals surface area contributed by atoms with E-state index in [9.17, 15) is 9.90 Å². The van der Waals surface area contributed by atoms with Crippen LogP contribution < -0.4 is 5.11 Å². The van der Waals surface area contributed by atoms with Gasteiger partial charge in [0.2, 0.25) is 0 Å². The fraction of sp³-hybridized carbons (Fsp3) is 0. The van der Waals surface area contributed by atoms with Crippen molar-refractivity contribution in [2.75, 3.05) is 0 Å². The average Bonchev–Trinajstić information content (AvgIpc) is 2.06. The molecule has 1 aromatic rings. The van der Waals surface area contributed by atoms with Crippen LogP contribution in [0, 0.1) is 0 Å². The third-order valence-corrected chi connectivity index (χ3v) is 1.40. The SMILES string of the molecule is O=C(O)/C=C/c1cc(O)ccc1[O-]. The molecule has 0 fully saturated rings. The zero-order valence-corrected chi connectivity index (χ0v) is 6.60. The van der Waals surface area contributed by atoms with Crippen LogP contribution in [0.4, 0.5) is 0 Å². The molecule has 0 unspecified atom stereocenters. The smallest absolute Gasteiger partial charge is 0.328 e. The number of carboxylic acid groups (broad SMARTS) is 1. The Morgan fingerprint density at radius 3 is 2.77 bits per heavy atom. The Morgan fingerprint density at radius 1 is 1.46 bits per heavy atom. The van der Waals surface area contributed by atoms with E-state index in [0.29, 0.717) is 0 Å².